The topological polar surface area (TPSA) is 88.2 Å². The molecule has 0 saturated carbocycles. The van der Waals surface area contributed by atoms with Crippen LogP contribution in [0.1, 0.15) is 41.3 Å². The molecule has 1 heterocycles. The first-order valence-electron chi connectivity index (χ1n) is 9.04. The van der Waals surface area contributed by atoms with Crippen molar-refractivity contribution >= 4 is 48.3 Å². The highest BCUT2D eigenvalue weighted by atomic mass is 32.2. The van der Waals surface area contributed by atoms with Gasteiger partial charge < -0.3 is 0 Å². The van der Waals surface area contributed by atoms with Gasteiger partial charge in [0, 0.05) is 5.56 Å². The van der Waals surface area contributed by atoms with Gasteiger partial charge in [-0.2, -0.15) is 0 Å². The van der Waals surface area contributed by atoms with Crippen molar-refractivity contribution in [1.82, 2.24) is 4.98 Å². The lowest BCUT2D eigenvalue weighted by molar-refractivity contribution is 0.102. The Morgan fingerprint density at radius 3 is 2.68 bits per heavy atom. The maximum atomic E-state index is 12.6. The van der Waals surface area contributed by atoms with Crippen molar-refractivity contribution in [1.29, 1.82) is 0 Å². The fourth-order valence-electron chi connectivity index (χ4n) is 2.80. The lowest BCUT2D eigenvalue weighted by atomic mass is 10.1. The average Bonchev–Trinajstić information content (AvgIpc) is 3.02. The highest BCUT2D eigenvalue weighted by Crippen LogP contribution is 2.28. The summed E-state index contributed by atoms with van der Waals surface area (Å²) < 4.78 is 26.5. The van der Waals surface area contributed by atoms with Gasteiger partial charge in [0.25, 0.3) is 5.91 Å². The van der Waals surface area contributed by atoms with Crippen LogP contribution in [0.5, 0.6) is 0 Å². The van der Waals surface area contributed by atoms with Crippen LogP contribution in [0, 0.1) is 6.92 Å². The number of aromatic nitrogens is 1. The highest BCUT2D eigenvalue weighted by Gasteiger charge is 2.13. The van der Waals surface area contributed by atoms with Crippen molar-refractivity contribution < 1.29 is 13.2 Å². The number of anilines is 2. The number of thiazole rings is 1. The zero-order valence-corrected chi connectivity index (χ0v) is 17.7. The zero-order chi connectivity index (χ0) is 20.3. The number of hydrogen-bond acceptors (Lipinski definition) is 5. The molecule has 0 spiro atoms. The van der Waals surface area contributed by atoms with Crippen LogP contribution in [-0.2, 0) is 16.4 Å². The Morgan fingerprint density at radius 1 is 1.18 bits per heavy atom. The van der Waals surface area contributed by atoms with Crippen LogP contribution < -0.4 is 10.0 Å². The first-order valence-corrected chi connectivity index (χ1v) is 11.7. The largest absolute Gasteiger partial charge is 0.298 e. The number of carbonyl (C=O) groups excluding carboxylic acids is 1. The van der Waals surface area contributed by atoms with E-state index in [0.29, 0.717) is 16.4 Å². The van der Waals surface area contributed by atoms with Gasteiger partial charge in [-0.05, 0) is 55.2 Å². The van der Waals surface area contributed by atoms with E-state index in [1.807, 2.05) is 6.07 Å². The summed E-state index contributed by atoms with van der Waals surface area (Å²) in [6, 6.07) is 11.1. The zero-order valence-electron chi connectivity index (χ0n) is 16.1. The monoisotopic (exact) mass is 417 g/mol. The summed E-state index contributed by atoms with van der Waals surface area (Å²) in [5.41, 5.74) is 3.61. The summed E-state index contributed by atoms with van der Waals surface area (Å²) in [5, 5.41) is 3.33. The van der Waals surface area contributed by atoms with Crippen LogP contribution in [0.25, 0.3) is 10.2 Å². The number of benzene rings is 2. The number of nitrogens with one attached hydrogen (secondary N) is 2. The molecule has 148 valence electrons. The number of unbranched alkanes of at least 4 members (excludes halogenated alkanes) is 1. The molecule has 1 amide bonds. The molecule has 0 aliphatic carbocycles. The summed E-state index contributed by atoms with van der Waals surface area (Å²) >= 11 is 1.43. The van der Waals surface area contributed by atoms with E-state index >= 15 is 0 Å². The van der Waals surface area contributed by atoms with Crippen molar-refractivity contribution in [3.8, 4) is 0 Å². The summed E-state index contributed by atoms with van der Waals surface area (Å²) in [6.07, 6.45) is 4.40. The highest BCUT2D eigenvalue weighted by molar-refractivity contribution is 7.92. The number of amides is 1. The van der Waals surface area contributed by atoms with Gasteiger partial charge in [-0.15, -0.1) is 0 Å². The minimum atomic E-state index is -3.42. The minimum absolute atomic E-state index is 0.332. The van der Waals surface area contributed by atoms with Crippen LogP contribution in [0.2, 0.25) is 0 Å². The summed E-state index contributed by atoms with van der Waals surface area (Å²) in [7, 11) is -3.42. The Bertz CT molecular complexity index is 1120. The Kier molecular flexibility index (Phi) is 6.00. The molecule has 0 aliphatic rings. The second-order valence-electron chi connectivity index (χ2n) is 6.78. The van der Waals surface area contributed by atoms with Crippen LogP contribution in [0.15, 0.2) is 36.4 Å². The first-order chi connectivity index (χ1) is 13.2. The van der Waals surface area contributed by atoms with E-state index < -0.39 is 10.0 Å². The van der Waals surface area contributed by atoms with E-state index in [0.717, 1.165) is 41.3 Å². The van der Waals surface area contributed by atoms with Crippen LogP contribution in [-0.4, -0.2) is 25.6 Å². The maximum Gasteiger partial charge on any atom is 0.257 e. The molecule has 2 aromatic carbocycles. The second-order valence-corrected chi connectivity index (χ2v) is 9.56. The maximum absolute atomic E-state index is 12.6. The van der Waals surface area contributed by atoms with Crippen molar-refractivity contribution in [2.24, 2.45) is 0 Å². The molecule has 0 fully saturated rings. The van der Waals surface area contributed by atoms with Gasteiger partial charge in [0.05, 0.1) is 22.2 Å². The van der Waals surface area contributed by atoms with Gasteiger partial charge in [-0.25, -0.2) is 13.4 Å². The standard InChI is InChI=1S/C20H23N3O3S2/c1-4-5-6-14-8-10-16-18(11-14)27-20(21-16)22-19(24)15-9-7-13(2)17(12-15)23-28(3,25)26/h7-12,23H,4-6H2,1-3H3,(H,21,22,24). The fraction of sp³-hybridized carbons (Fsp3) is 0.300. The third-order valence-corrected chi connectivity index (χ3v) is 5.81. The molecule has 2 N–H and O–H groups in total. The van der Waals surface area contributed by atoms with Crippen molar-refractivity contribution in [2.45, 2.75) is 33.1 Å². The smallest absolute Gasteiger partial charge is 0.257 e. The summed E-state index contributed by atoms with van der Waals surface area (Å²) in [4.78, 5) is 17.1. The van der Waals surface area contributed by atoms with E-state index in [9.17, 15) is 13.2 Å². The van der Waals surface area contributed by atoms with Crippen molar-refractivity contribution in [3.63, 3.8) is 0 Å². The summed E-state index contributed by atoms with van der Waals surface area (Å²) in [5.74, 6) is -0.332. The SMILES string of the molecule is CCCCc1ccc2nc(NC(=O)c3ccc(C)c(NS(C)(=O)=O)c3)sc2c1. The molecule has 0 aliphatic heterocycles. The van der Waals surface area contributed by atoms with Crippen LogP contribution in [0.4, 0.5) is 10.8 Å². The van der Waals surface area contributed by atoms with E-state index in [2.05, 4.69) is 34.1 Å². The predicted octanol–water partition coefficient (Wildman–Crippen LogP) is 4.57. The number of rotatable bonds is 7. The van der Waals surface area contributed by atoms with E-state index in [1.165, 1.54) is 23.0 Å². The van der Waals surface area contributed by atoms with Gasteiger partial charge in [-0.3, -0.25) is 14.8 Å². The average molecular weight is 418 g/mol. The molecule has 28 heavy (non-hydrogen) atoms. The number of fused-ring (bicyclic) bond motifs is 1. The van der Waals surface area contributed by atoms with Crippen molar-refractivity contribution in [3.05, 3.63) is 53.1 Å². The molecule has 0 saturated heterocycles. The molecular weight excluding hydrogens is 394 g/mol. The number of hydrogen-bond donors (Lipinski definition) is 2. The molecule has 1 aromatic heterocycles. The molecular formula is C20H23N3O3S2. The lowest BCUT2D eigenvalue weighted by Gasteiger charge is -2.09. The van der Waals surface area contributed by atoms with Gasteiger partial charge in [0.2, 0.25) is 10.0 Å². The molecule has 0 atom stereocenters. The minimum Gasteiger partial charge on any atom is -0.298 e. The first kappa shape index (κ1) is 20.3. The van der Waals surface area contributed by atoms with Crippen LogP contribution in [0.3, 0.4) is 0 Å². The Labute approximate surface area is 169 Å². The predicted molar refractivity (Wildman–Crippen MR) is 116 cm³/mol. The molecule has 3 rings (SSSR count). The third-order valence-electron chi connectivity index (χ3n) is 4.29. The number of nitrogens with zero attached hydrogens (tertiary/aromatic N) is 1. The molecule has 3 aromatic rings. The van der Waals surface area contributed by atoms with E-state index in [4.69, 9.17) is 0 Å². The number of aryl methyl sites for hydroxylation is 2. The van der Waals surface area contributed by atoms with E-state index in [-0.39, 0.29) is 5.91 Å². The normalized spacial score (nSPS) is 11.5. The van der Waals surface area contributed by atoms with Crippen molar-refractivity contribution in [2.75, 3.05) is 16.3 Å². The van der Waals surface area contributed by atoms with Gasteiger partial charge in [-0.1, -0.05) is 36.8 Å². The molecule has 0 unspecified atom stereocenters. The van der Waals surface area contributed by atoms with Gasteiger partial charge in [0.1, 0.15) is 0 Å². The second kappa shape index (κ2) is 8.28. The molecule has 0 radical (unpaired) electrons. The van der Waals surface area contributed by atoms with Gasteiger partial charge >= 0.3 is 0 Å². The molecule has 6 nitrogen and oxygen atoms in total. The fourth-order valence-corrected chi connectivity index (χ4v) is 4.35. The number of carbonyl (C=O) groups is 1. The van der Waals surface area contributed by atoms with Crippen LogP contribution >= 0.6 is 11.3 Å². The Morgan fingerprint density at radius 2 is 1.96 bits per heavy atom. The van der Waals surface area contributed by atoms with Gasteiger partial charge in [0.15, 0.2) is 5.13 Å². The number of sulfonamides is 1. The molecule has 0 bridgehead atoms. The lowest BCUT2D eigenvalue weighted by Crippen LogP contribution is -2.14. The van der Waals surface area contributed by atoms with E-state index in [1.54, 1.807) is 19.1 Å². The summed E-state index contributed by atoms with van der Waals surface area (Å²) in [6.45, 7) is 3.94. The third kappa shape index (κ3) is 5.08. The quantitative estimate of drug-likeness (QED) is 0.589. The Balaban J connectivity index is 1.80. The molecule has 8 heteroatoms. The Hall–Kier alpha value is -2.45.